The molecule has 158 valence electrons. The Morgan fingerprint density at radius 1 is 1.07 bits per heavy atom. The fraction of sp³-hybridized carbons (Fsp3) is 0.684. The average molecular weight is 430 g/mol. The first-order valence-electron chi connectivity index (χ1n) is 10.0. The molecule has 1 aromatic carbocycles. The molecule has 0 radical (unpaired) electrons. The monoisotopic (exact) mass is 429 g/mol. The van der Waals surface area contributed by atoms with E-state index in [2.05, 4.69) is 23.5 Å². The van der Waals surface area contributed by atoms with E-state index in [0.717, 1.165) is 32.4 Å². The van der Waals surface area contributed by atoms with Crippen LogP contribution in [-0.4, -0.2) is 59.7 Å². The smallest absolute Gasteiger partial charge is 0.240 e. The molecule has 2 aliphatic rings. The fourth-order valence-corrected chi connectivity index (χ4v) is 6.61. The summed E-state index contributed by atoms with van der Waals surface area (Å²) in [4.78, 5) is 2.59. The van der Waals surface area contributed by atoms with Crippen LogP contribution in [0, 0.1) is 5.92 Å². The Morgan fingerprint density at radius 3 is 2.29 bits per heavy atom. The molecule has 1 aromatic rings. The van der Waals surface area contributed by atoms with Crippen molar-refractivity contribution in [2.75, 3.05) is 36.2 Å². The van der Waals surface area contributed by atoms with Gasteiger partial charge >= 0.3 is 0 Å². The van der Waals surface area contributed by atoms with Crippen LogP contribution >= 0.6 is 0 Å². The number of benzene rings is 1. The second kappa shape index (κ2) is 8.69. The van der Waals surface area contributed by atoms with E-state index in [1.807, 2.05) is 0 Å². The highest BCUT2D eigenvalue weighted by Gasteiger charge is 2.27. The van der Waals surface area contributed by atoms with Crippen molar-refractivity contribution in [3.8, 4) is 0 Å². The molecule has 7 nitrogen and oxygen atoms in total. The largest absolute Gasteiger partial charge is 0.301 e. The van der Waals surface area contributed by atoms with E-state index < -0.39 is 20.0 Å². The number of rotatable bonds is 6. The number of hydrogen-bond acceptors (Lipinski definition) is 5. The molecule has 0 saturated carbocycles. The lowest BCUT2D eigenvalue weighted by atomic mass is 9.96. The van der Waals surface area contributed by atoms with Crippen LogP contribution in [-0.2, 0) is 20.0 Å². The van der Waals surface area contributed by atoms with Crippen LogP contribution in [0.3, 0.4) is 0 Å². The van der Waals surface area contributed by atoms with E-state index in [1.165, 1.54) is 16.4 Å². The number of likely N-dealkylation sites (tertiary alicyclic amines) is 1. The van der Waals surface area contributed by atoms with Crippen molar-refractivity contribution in [2.24, 2.45) is 5.92 Å². The van der Waals surface area contributed by atoms with Gasteiger partial charge in [-0.1, -0.05) is 0 Å². The normalized spacial score (nSPS) is 21.9. The number of nitrogens with one attached hydrogen (secondary N) is 1. The van der Waals surface area contributed by atoms with Gasteiger partial charge in [-0.2, -0.15) is 0 Å². The maximum atomic E-state index is 12.6. The first-order chi connectivity index (χ1) is 13.2. The minimum absolute atomic E-state index is 0.143. The van der Waals surface area contributed by atoms with Crippen LogP contribution in [0.1, 0.15) is 39.5 Å². The van der Waals surface area contributed by atoms with Crippen molar-refractivity contribution in [1.29, 1.82) is 0 Å². The van der Waals surface area contributed by atoms with Gasteiger partial charge in [0.25, 0.3) is 0 Å². The van der Waals surface area contributed by atoms with Crippen molar-refractivity contribution in [1.82, 2.24) is 9.62 Å². The van der Waals surface area contributed by atoms with E-state index in [4.69, 9.17) is 0 Å². The van der Waals surface area contributed by atoms with Crippen LogP contribution < -0.4 is 9.03 Å². The zero-order chi connectivity index (χ0) is 20.4. The molecular weight excluding hydrogens is 398 g/mol. The summed E-state index contributed by atoms with van der Waals surface area (Å²) in [6.45, 7) is 7.26. The molecule has 2 heterocycles. The van der Waals surface area contributed by atoms with Crippen molar-refractivity contribution < 1.29 is 16.8 Å². The number of anilines is 1. The third-order valence-corrected chi connectivity index (χ3v) is 9.03. The minimum Gasteiger partial charge on any atom is -0.301 e. The van der Waals surface area contributed by atoms with E-state index in [9.17, 15) is 16.8 Å². The fourth-order valence-electron chi connectivity index (χ4n) is 3.85. The molecule has 9 heteroatoms. The third kappa shape index (κ3) is 5.06. The average Bonchev–Trinajstić information content (AvgIpc) is 2.66. The summed E-state index contributed by atoms with van der Waals surface area (Å²) in [5.41, 5.74) is 0.528. The van der Waals surface area contributed by atoms with E-state index in [0.29, 0.717) is 37.2 Å². The maximum Gasteiger partial charge on any atom is 0.240 e. The maximum absolute atomic E-state index is 12.6. The first-order valence-corrected chi connectivity index (χ1v) is 13.1. The summed E-state index contributed by atoms with van der Waals surface area (Å²) < 4.78 is 53.7. The highest BCUT2D eigenvalue weighted by Crippen LogP contribution is 2.25. The summed E-state index contributed by atoms with van der Waals surface area (Å²) in [6, 6.07) is 6.67. The van der Waals surface area contributed by atoms with Gasteiger partial charge in [-0.15, -0.1) is 0 Å². The van der Waals surface area contributed by atoms with Crippen LogP contribution in [0.5, 0.6) is 0 Å². The van der Waals surface area contributed by atoms with E-state index in [1.54, 1.807) is 12.1 Å². The summed E-state index contributed by atoms with van der Waals surface area (Å²) in [7, 11) is -6.89. The SMILES string of the molecule is CC(C)N1CCC(CNS(=O)(=O)c2ccc(N3CCCCS3(=O)=O)cc2)CC1. The highest BCUT2D eigenvalue weighted by atomic mass is 32.2. The molecule has 0 bridgehead atoms. The minimum atomic E-state index is -3.60. The molecule has 1 N–H and O–H groups in total. The Bertz CT molecular complexity index is 859. The highest BCUT2D eigenvalue weighted by molar-refractivity contribution is 7.92. The van der Waals surface area contributed by atoms with Crippen molar-refractivity contribution in [3.63, 3.8) is 0 Å². The summed E-state index contributed by atoms with van der Waals surface area (Å²) in [6.07, 6.45) is 3.47. The molecule has 2 aliphatic heterocycles. The number of hydrogen-bond donors (Lipinski definition) is 1. The third-order valence-electron chi connectivity index (χ3n) is 5.73. The Hall–Kier alpha value is -1.16. The summed E-state index contributed by atoms with van der Waals surface area (Å²) >= 11 is 0. The standard InChI is InChI=1S/C19H31N3O4S2/c1-16(2)21-12-9-17(10-13-21)15-20-28(25,26)19-7-5-18(6-8-19)22-11-3-4-14-27(22,23)24/h5-8,16-17,20H,3-4,9-15H2,1-2H3. The molecular formula is C19H31N3O4S2. The van der Waals surface area contributed by atoms with Gasteiger partial charge in [0.1, 0.15) is 0 Å². The lowest BCUT2D eigenvalue weighted by molar-refractivity contribution is 0.151. The van der Waals surface area contributed by atoms with Crippen LogP contribution in [0.4, 0.5) is 5.69 Å². The van der Waals surface area contributed by atoms with E-state index >= 15 is 0 Å². The van der Waals surface area contributed by atoms with Crippen molar-refractivity contribution in [2.45, 2.75) is 50.5 Å². The molecule has 3 rings (SSSR count). The van der Waals surface area contributed by atoms with Gasteiger partial charge in [0.2, 0.25) is 20.0 Å². The Balaban J connectivity index is 1.60. The molecule has 0 aromatic heterocycles. The van der Waals surface area contributed by atoms with Crippen LogP contribution in [0.15, 0.2) is 29.2 Å². The second-order valence-electron chi connectivity index (χ2n) is 8.01. The van der Waals surface area contributed by atoms with E-state index in [-0.39, 0.29) is 10.6 Å². The molecule has 0 atom stereocenters. The quantitative estimate of drug-likeness (QED) is 0.748. The van der Waals surface area contributed by atoms with Crippen LogP contribution in [0.25, 0.3) is 0 Å². The van der Waals surface area contributed by atoms with Gasteiger partial charge in [0.05, 0.1) is 16.3 Å². The van der Waals surface area contributed by atoms with Crippen molar-refractivity contribution in [3.05, 3.63) is 24.3 Å². The predicted octanol–water partition coefficient (Wildman–Crippen LogP) is 2.02. The zero-order valence-electron chi connectivity index (χ0n) is 16.7. The second-order valence-corrected chi connectivity index (χ2v) is 11.8. The molecule has 2 fully saturated rings. The molecule has 0 spiro atoms. The number of nitrogens with zero attached hydrogens (tertiary/aromatic N) is 2. The Kier molecular flexibility index (Phi) is 6.69. The molecule has 0 aliphatic carbocycles. The number of piperidine rings is 1. The zero-order valence-corrected chi connectivity index (χ0v) is 18.3. The molecule has 0 unspecified atom stereocenters. The van der Waals surface area contributed by atoms with Gasteiger partial charge in [-0.05, 0) is 82.8 Å². The van der Waals surface area contributed by atoms with Gasteiger partial charge in [0.15, 0.2) is 0 Å². The summed E-state index contributed by atoms with van der Waals surface area (Å²) in [5, 5.41) is 0. The van der Waals surface area contributed by atoms with Crippen LogP contribution in [0.2, 0.25) is 0 Å². The Morgan fingerprint density at radius 2 is 1.71 bits per heavy atom. The molecule has 0 amide bonds. The van der Waals surface area contributed by atoms with Crippen molar-refractivity contribution >= 4 is 25.7 Å². The lowest BCUT2D eigenvalue weighted by Crippen LogP contribution is -2.41. The van der Waals surface area contributed by atoms with Gasteiger partial charge in [-0.3, -0.25) is 4.31 Å². The van der Waals surface area contributed by atoms with Gasteiger partial charge in [0, 0.05) is 19.1 Å². The lowest BCUT2D eigenvalue weighted by Gasteiger charge is -2.34. The summed E-state index contributed by atoms with van der Waals surface area (Å²) in [5.74, 6) is 0.493. The molecule has 28 heavy (non-hydrogen) atoms. The van der Waals surface area contributed by atoms with Gasteiger partial charge in [-0.25, -0.2) is 21.6 Å². The Labute approximate surface area is 169 Å². The predicted molar refractivity (Wildman–Crippen MR) is 111 cm³/mol. The van der Waals surface area contributed by atoms with Gasteiger partial charge < -0.3 is 4.90 Å². The first kappa shape index (κ1) is 21.5. The molecule has 2 saturated heterocycles. The topological polar surface area (TPSA) is 86.8 Å². The number of sulfonamides is 2.